The number of nitrogens with one attached hydrogen (secondary N) is 2. The molecule has 0 fully saturated rings. The Morgan fingerprint density at radius 1 is 1.38 bits per heavy atom. The van der Waals surface area contributed by atoms with Crippen molar-refractivity contribution >= 4 is 17.4 Å². The van der Waals surface area contributed by atoms with Crippen molar-refractivity contribution in [2.45, 2.75) is 0 Å². The van der Waals surface area contributed by atoms with Gasteiger partial charge in [-0.15, -0.1) is 0 Å². The number of rotatable bonds is 3. The number of aromatic nitrogens is 2. The minimum absolute atomic E-state index is 0.663. The largest absolute Gasteiger partial charge is 0.496 e. The zero-order chi connectivity index (χ0) is 11.5. The standard InChI is InChI=1S/C11H12ClN3O/c1-13-11-6-9(14-15-11)8-5-7(12)3-4-10(8)16-2/h3-6H,1-2H3,(H2,13,14,15). The van der Waals surface area contributed by atoms with Gasteiger partial charge in [0.05, 0.1) is 12.8 Å². The molecule has 0 saturated heterocycles. The fourth-order valence-corrected chi connectivity index (χ4v) is 1.65. The molecule has 1 heterocycles. The highest BCUT2D eigenvalue weighted by molar-refractivity contribution is 6.30. The molecule has 1 aromatic heterocycles. The van der Waals surface area contributed by atoms with E-state index in [0.29, 0.717) is 5.02 Å². The van der Waals surface area contributed by atoms with Gasteiger partial charge in [-0.05, 0) is 18.2 Å². The first kappa shape index (κ1) is 10.8. The van der Waals surface area contributed by atoms with Gasteiger partial charge in [-0.3, -0.25) is 5.10 Å². The van der Waals surface area contributed by atoms with Crippen molar-refractivity contribution in [3.63, 3.8) is 0 Å². The van der Waals surface area contributed by atoms with E-state index >= 15 is 0 Å². The normalized spacial score (nSPS) is 10.2. The van der Waals surface area contributed by atoms with Gasteiger partial charge in [-0.25, -0.2) is 0 Å². The molecule has 0 aliphatic carbocycles. The fraction of sp³-hybridized carbons (Fsp3) is 0.182. The van der Waals surface area contributed by atoms with E-state index < -0.39 is 0 Å². The first-order chi connectivity index (χ1) is 7.74. The van der Waals surface area contributed by atoms with E-state index in [2.05, 4.69) is 15.5 Å². The number of benzene rings is 1. The summed E-state index contributed by atoms with van der Waals surface area (Å²) in [6, 6.07) is 7.36. The van der Waals surface area contributed by atoms with E-state index in [1.807, 2.05) is 25.2 Å². The van der Waals surface area contributed by atoms with Crippen molar-refractivity contribution in [3.05, 3.63) is 29.3 Å². The number of H-pyrrole nitrogens is 1. The molecule has 0 radical (unpaired) electrons. The van der Waals surface area contributed by atoms with Crippen LogP contribution in [-0.4, -0.2) is 24.4 Å². The molecule has 4 nitrogen and oxygen atoms in total. The minimum atomic E-state index is 0.663. The Bertz CT molecular complexity index is 496. The quantitative estimate of drug-likeness (QED) is 0.863. The summed E-state index contributed by atoms with van der Waals surface area (Å²) in [5, 5.41) is 10.6. The van der Waals surface area contributed by atoms with Crippen LogP contribution in [0.25, 0.3) is 11.3 Å². The molecular formula is C11H12ClN3O. The third-order valence-corrected chi connectivity index (χ3v) is 2.52. The summed E-state index contributed by atoms with van der Waals surface area (Å²) in [5.74, 6) is 1.53. The predicted octanol–water partition coefficient (Wildman–Crippen LogP) is 2.78. The Morgan fingerprint density at radius 3 is 2.81 bits per heavy atom. The summed E-state index contributed by atoms with van der Waals surface area (Å²) in [4.78, 5) is 0. The van der Waals surface area contributed by atoms with Gasteiger partial charge in [-0.2, -0.15) is 5.10 Å². The molecule has 0 bridgehead atoms. The highest BCUT2D eigenvalue weighted by atomic mass is 35.5. The molecule has 0 spiro atoms. The third-order valence-electron chi connectivity index (χ3n) is 2.29. The summed E-state index contributed by atoms with van der Waals surface area (Å²) in [6.45, 7) is 0. The lowest BCUT2D eigenvalue weighted by Gasteiger charge is -2.06. The van der Waals surface area contributed by atoms with Gasteiger partial charge in [0.1, 0.15) is 11.6 Å². The van der Waals surface area contributed by atoms with Crippen molar-refractivity contribution in [3.8, 4) is 17.0 Å². The zero-order valence-corrected chi connectivity index (χ0v) is 9.80. The van der Waals surface area contributed by atoms with E-state index in [9.17, 15) is 0 Å². The number of halogens is 1. The summed E-state index contributed by atoms with van der Waals surface area (Å²) < 4.78 is 5.27. The molecular weight excluding hydrogens is 226 g/mol. The molecule has 0 aliphatic rings. The lowest BCUT2D eigenvalue weighted by atomic mass is 10.1. The van der Waals surface area contributed by atoms with Gasteiger partial charge in [0.25, 0.3) is 0 Å². The van der Waals surface area contributed by atoms with Crippen LogP contribution in [-0.2, 0) is 0 Å². The van der Waals surface area contributed by atoms with Gasteiger partial charge in [-0.1, -0.05) is 11.6 Å². The van der Waals surface area contributed by atoms with Gasteiger partial charge in [0.15, 0.2) is 0 Å². The second-order valence-corrected chi connectivity index (χ2v) is 3.70. The molecule has 5 heteroatoms. The van der Waals surface area contributed by atoms with E-state index in [4.69, 9.17) is 16.3 Å². The molecule has 2 aromatic rings. The Morgan fingerprint density at radius 2 is 2.19 bits per heavy atom. The topological polar surface area (TPSA) is 49.9 Å². The van der Waals surface area contributed by atoms with Crippen LogP contribution in [0.1, 0.15) is 0 Å². The van der Waals surface area contributed by atoms with Gasteiger partial charge < -0.3 is 10.1 Å². The summed E-state index contributed by atoms with van der Waals surface area (Å²) >= 11 is 5.96. The van der Waals surface area contributed by atoms with Crippen LogP contribution in [0.15, 0.2) is 24.3 Å². The summed E-state index contributed by atoms with van der Waals surface area (Å²) in [6.07, 6.45) is 0. The van der Waals surface area contributed by atoms with Crippen LogP contribution in [0, 0.1) is 0 Å². The lowest BCUT2D eigenvalue weighted by molar-refractivity contribution is 0.416. The number of ether oxygens (including phenoxy) is 1. The maximum absolute atomic E-state index is 5.96. The van der Waals surface area contributed by atoms with Crippen molar-refractivity contribution < 1.29 is 4.74 Å². The van der Waals surface area contributed by atoms with Crippen molar-refractivity contribution in [2.75, 3.05) is 19.5 Å². The Balaban J connectivity index is 2.49. The zero-order valence-electron chi connectivity index (χ0n) is 9.04. The van der Waals surface area contributed by atoms with Gasteiger partial charge >= 0.3 is 0 Å². The number of hydrogen-bond acceptors (Lipinski definition) is 3. The first-order valence-corrected chi connectivity index (χ1v) is 5.19. The third kappa shape index (κ3) is 1.97. The lowest BCUT2D eigenvalue weighted by Crippen LogP contribution is -1.87. The average Bonchev–Trinajstić information content (AvgIpc) is 2.77. The van der Waals surface area contributed by atoms with Crippen LogP contribution in [0.5, 0.6) is 5.75 Å². The molecule has 1 aromatic carbocycles. The molecule has 0 aliphatic heterocycles. The van der Waals surface area contributed by atoms with Crippen molar-refractivity contribution in [1.82, 2.24) is 10.2 Å². The molecule has 84 valence electrons. The smallest absolute Gasteiger partial charge is 0.148 e. The monoisotopic (exact) mass is 237 g/mol. The number of hydrogen-bond donors (Lipinski definition) is 2. The summed E-state index contributed by atoms with van der Waals surface area (Å²) in [7, 11) is 3.44. The average molecular weight is 238 g/mol. The van der Waals surface area contributed by atoms with Gasteiger partial charge in [0, 0.05) is 23.7 Å². The highest BCUT2D eigenvalue weighted by Crippen LogP contribution is 2.32. The van der Waals surface area contributed by atoms with Crippen molar-refractivity contribution in [2.24, 2.45) is 0 Å². The van der Waals surface area contributed by atoms with Crippen LogP contribution in [0.2, 0.25) is 5.02 Å². The second kappa shape index (κ2) is 4.45. The number of anilines is 1. The highest BCUT2D eigenvalue weighted by Gasteiger charge is 2.09. The molecule has 0 atom stereocenters. The van der Waals surface area contributed by atoms with Crippen LogP contribution < -0.4 is 10.1 Å². The van der Waals surface area contributed by atoms with Crippen LogP contribution in [0.3, 0.4) is 0 Å². The second-order valence-electron chi connectivity index (χ2n) is 3.26. The van der Waals surface area contributed by atoms with E-state index in [1.165, 1.54) is 0 Å². The molecule has 2 rings (SSSR count). The molecule has 0 unspecified atom stereocenters. The molecule has 2 N–H and O–H groups in total. The van der Waals surface area contributed by atoms with E-state index in [0.717, 1.165) is 22.8 Å². The Labute approximate surface area is 98.6 Å². The van der Waals surface area contributed by atoms with Crippen molar-refractivity contribution in [1.29, 1.82) is 0 Å². The Kier molecular flexibility index (Phi) is 3.01. The Hall–Kier alpha value is -1.68. The fourth-order valence-electron chi connectivity index (χ4n) is 1.48. The van der Waals surface area contributed by atoms with Crippen LogP contribution in [0.4, 0.5) is 5.82 Å². The molecule has 0 saturated carbocycles. The first-order valence-electron chi connectivity index (χ1n) is 4.81. The number of aromatic amines is 1. The maximum atomic E-state index is 5.96. The maximum Gasteiger partial charge on any atom is 0.148 e. The molecule has 0 amide bonds. The van der Waals surface area contributed by atoms with Crippen LogP contribution >= 0.6 is 11.6 Å². The molecule has 16 heavy (non-hydrogen) atoms. The van der Waals surface area contributed by atoms with E-state index in [1.54, 1.807) is 13.2 Å². The minimum Gasteiger partial charge on any atom is -0.496 e. The predicted molar refractivity (Wildman–Crippen MR) is 65.1 cm³/mol. The van der Waals surface area contributed by atoms with E-state index in [-0.39, 0.29) is 0 Å². The number of methoxy groups -OCH3 is 1. The number of nitrogens with zero attached hydrogens (tertiary/aromatic N) is 1. The summed E-state index contributed by atoms with van der Waals surface area (Å²) in [5.41, 5.74) is 1.76. The van der Waals surface area contributed by atoms with Gasteiger partial charge in [0.2, 0.25) is 0 Å². The SMILES string of the molecule is CNc1cc(-c2cc(Cl)ccc2OC)[nH]n1.